The first-order valence-electron chi connectivity index (χ1n) is 7.89. The van der Waals surface area contributed by atoms with Gasteiger partial charge in [0.15, 0.2) is 0 Å². The highest BCUT2D eigenvalue weighted by Gasteiger charge is 2.13. The van der Waals surface area contributed by atoms with E-state index >= 15 is 0 Å². The second-order valence-corrected chi connectivity index (χ2v) is 6.44. The molecule has 1 amide bonds. The van der Waals surface area contributed by atoms with Gasteiger partial charge in [0.25, 0.3) is 0 Å². The van der Waals surface area contributed by atoms with Crippen molar-refractivity contribution in [1.82, 2.24) is 4.98 Å². The van der Waals surface area contributed by atoms with Crippen molar-refractivity contribution in [2.75, 3.05) is 12.4 Å². The number of halogens is 2. The normalized spacial score (nSPS) is 10.6. The summed E-state index contributed by atoms with van der Waals surface area (Å²) >= 11 is 1.44. The molecule has 0 fully saturated rings. The molecule has 26 heavy (non-hydrogen) atoms. The van der Waals surface area contributed by atoms with E-state index in [1.54, 1.807) is 7.11 Å². The standard InChI is InChI=1S/C19H16F2N2O2S/c1-25-13-7-5-12(6-8-13)16-11-26-18(22-16)10-9-17(24)23-19-14(20)3-2-4-15(19)21/h2-8,11H,9-10H2,1H3,(H,23,24). The molecule has 0 spiro atoms. The molecule has 0 saturated carbocycles. The Balaban J connectivity index is 1.60. The largest absolute Gasteiger partial charge is 0.497 e. The van der Waals surface area contributed by atoms with Gasteiger partial charge in [-0.3, -0.25) is 4.79 Å². The molecule has 1 heterocycles. The number of rotatable bonds is 6. The molecule has 0 aliphatic rings. The van der Waals surface area contributed by atoms with Crippen LogP contribution in [0.15, 0.2) is 47.8 Å². The summed E-state index contributed by atoms with van der Waals surface area (Å²) in [6.45, 7) is 0. The molecule has 0 aliphatic heterocycles. The van der Waals surface area contributed by atoms with E-state index in [9.17, 15) is 13.6 Å². The van der Waals surface area contributed by atoms with Crippen LogP contribution >= 0.6 is 11.3 Å². The van der Waals surface area contributed by atoms with Gasteiger partial charge in [0.1, 0.15) is 23.1 Å². The number of aryl methyl sites for hydroxylation is 1. The highest BCUT2D eigenvalue weighted by atomic mass is 32.1. The van der Waals surface area contributed by atoms with Gasteiger partial charge in [-0.2, -0.15) is 0 Å². The second kappa shape index (κ2) is 8.05. The number of thiazole rings is 1. The molecule has 0 aliphatic carbocycles. The first kappa shape index (κ1) is 18.0. The van der Waals surface area contributed by atoms with Crippen LogP contribution in [0, 0.1) is 11.6 Å². The van der Waals surface area contributed by atoms with Crippen molar-refractivity contribution in [2.45, 2.75) is 12.8 Å². The summed E-state index contributed by atoms with van der Waals surface area (Å²) in [5.41, 5.74) is 1.34. The van der Waals surface area contributed by atoms with E-state index in [0.717, 1.165) is 34.1 Å². The zero-order valence-electron chi connectivity index (χ0n) is 14.0. The van der Waals surface area contributed by atoms with Gasteiger partial charge in [-0.05, 0) is 36.4 Å². The molecular formula is C19H16F2N2O2S. The zero-order chi connectivity index (χ0) is 18.5. The summed E-state index contributed by atoms with van der Waals surface area (Å²) in [5, 5.41) is 4.96. The van der Waals surface area contributed by atoms with E-state index in [4.69, 9.17) is 4.74 Å². The van der Waals surface area contributed by atoms with Crippen LogP contribution in [0.5, 0.6) is 5.75 Å². The van der Waals surface area contributed by atoms with Crippen LogP contribution in [0.4, 0.5) is 14.5 Å². The Labute approximate surface area is 153 Å². The average molecular weight is 374 g/mol. The fourth-order valence-corrected chi connectivity index (χ4v) is 3.17. The van der Waals surface area contributed by atoms with Crippen molar-refractivity contribution in [1.29, 1.82) is 0 Å². The number of methoxy groups -OCH3 is 1. The van der Waals surface area contributed by atoms with E-state index in [1.165, 1.54) is 17.4 Å². The van der Waals surface area contributed by atoms with E-state index < -0.39 is 23.2 Å². The quantitative estimate of drug-likeness (QED) is 0.682. The number of carbonyl (C=O) groups is 1. The third kappa shape index (κ3) is 4.23. The molecule has 2 aromatic carbocycles. The summed E-state index contributed by atoms with van der Waals surface area (Å²) in [6.07, 6.45) is 0.478. The number of nitrogens with zero attached hydrogens (tertiary/aromatic N) is 1. The van der Waals surface area contributed by atoms with Gasteiger partial charge in [0, 0.05) is 23.8 Å². The molecule has 0 atom stereocenters. The lowest BCUT2D eigenvalue weighted by Gasteiger charge is -2.06. The van der Waals surface area contributed by atoms with E-state index in [1.807, 2.05) is 29.6 Å². The smallest absolute Gasteiger partial charge is 0.224 e. The van der Waals surface area contributed by atoms with Crippen LogP contribution in [0.3, 0.4) is 0 Å². The second-order valence-electron chi connectivity index (χ2n) is 5.50. The minimum atomic E-state index is -0.797. The van der Waals surface area contributed by atoms with Crippen LogP contribution in [0.2, 0.25) is 0 Å². The summed E-state index contributed by atoms with van der Waals surface area (Å²) in [6, 6.07) is 11.0. The highest BCUT2D eigenvalue weighted by molar-refractivity contribution is 7.09. The number of carbonyl (C=O) groups excluding carboxylic acids is 1. The molecular weight excluding hydrogens is 358 g/mol. The fraction of sp³-hybridized carbons (Fsp3) is 0.158. The number of hydrogen-bond donors (Lipinski definition) is 1. The van der Waals surface area contributed by atoms with Gasteiger partial charge in [0.2, 0.25) is 5.91 Å². The summed E-state index contributed by atoms with van der Waals surface area (Å²) in [4.78, 5) is 16.5. The van der Waals surface area contributed by atoms with Crippen molar-refractivity contribution in [3.8, 4) is 17.0 Å². The Morgan fingerprint density at radius 2 is 1.85 bits per heavy atom. The van der Waals surface area contributed by atoms with Crippen LogP contribution in [-0.4, -0.2) is 18.0 Å². The number of benzene rings is 2. The SMILES string of the molecule is COc1ccc(-c2csc(CCC(=O)Nc3c(F)cccc3F)n2)cc1. The molecule has 3 aromatic rings. The Morgan fingerprint density at radius 1 is 1.15 bits per heavy atom. The zero-order valence-corrected chi connectivity index (χ0v) is 14.8. The number of amides is 1. The number of ether oxygens (including phenoxy) is 1. The molecule has 4 nitrogen and oxygen atoms in total. The first-order chi connectivity index (χ1) is 12.6. The Morgan fingerprint density at radius 3 is 2.50 bits per heavy atom. The van der Waals surface area contributed by atoms with Gasteiger partial charge in [0.05, 0.1) is 17.8 Å². The number of anilines is 1. The monoisotopic (exact) mass is 374 g/mol. The summed E-state index contributed by atoms with van der Waals surface area (Å²) < 4.78 is 32.2. The van der Waals surface area contributed by atoms with Gasteiger partial charge >= 0.3 is 0 Å². The predicted octanol–water partition coefficient (Wildman–Crippen LogP) is 4.67. The lowest BCUT2D eigenvalue weighted by molar-refractivity contribution is -0.116. The summed E-state index contributed by atoms with van der Waals surface area (Å²) in [5.74, 6) is -1.29. The van der Waals surface area contributed by atoms with Crippen molar-refractivity contribution in [3.05, 3.63) is 64.5 Å². The van der Waals surface area contributed by atoms with Gasteiger partial charge in [-0.25, -0.2) is 13.8 Å². The van der Waals surface area contributed by atoms with E-state index in [0.29, 0.717) is 6.42 Å². The Kier molecular flexibility index (Phi) is 5.58. The predicted molar refractivity (Wildman–Crippen MR) is 97.4 cm³/mol. The molecule has 0 radical (unpaired) electrons. The minimum absolute atomic E-state index is 0.0866. The Bertz CT molecular complexity index is 890. The molecule has 134 valence electrons. The first-order valence-corrected chi connectivity index (χ1v) is 8.77. The topological polar surface area (TPSA) is 51.2 Å². The van der Waals surface area contributed by atoms with E-state index in [2.05, 4.69) is 10.3 Å². The van der Waals surface area contributed by atoms with Crippen molar-refractivity contribution in [3.63, 3.8) is 0 Å². The maximum atomic E-state index is 13.5. The Hall–Kier alpha value is -2.80. The van der Waals surface area contributed by atoms with Crippen molar-refractivity contribution in [2.24, 2.45) is 0 Å². The van der Waals surface area contributed by atoms with Gasteiger partial charge < -0.3 is 10.1 Å². The molecule has 7 heteroatoms. The highest BCUT2D eigenvalue weighted by Crippen LogP contribution is 2.25. The number of hydrogen-bond acceptors (Lipinski definition) is 4. The molecule has 0 unspecified atom stereocenters. The van der Waals surface area contributed by atoms with Gasteiger partial charge in [-0.15, -0.1) is 11.3 Å². The minimum Gasteiger partial charge on any atom is -0.497 e. The number of para-hydroxylation sites is 1. The maximum absolute atomic E-state index is 13.5. The third-order valence-electron chi connectivity index (χ3n) is 3.73. The molecule has 1 aromatic heterocycles. The third-order valence-corrected chi connectivity index (χ3v) is 4.64. The maximum Gasteiger partial charge on any atom is 0.224 e. The molecule has 0 bridgehead atoms. The number of aromatic nitrogens is 1. The average Bonchev–Trinajstić information content (AvgIpc) is 3.12. The van der Waals surface area contributed by atoms with Crippen LogP contribution in [0.25, 0.3) is 11.3 Å². The van der Waals surface area contributed by atoms with Crippen LogP contribution in [-0.2, 0) is 11.2 Å². The number of nitrogens with one attached hydrogen (secondary N) is 1. The van der Waals surface area contributed by atoms with Crippen molar-refractivity contribution >= 4 is 22.9 Å². The molecule has 0 saturated heterocycles. The van der Waals surface area contributed by atoms with Crippen LogP contribution < -0.4 is 10.1 Å². The van der Waals surface area contributed by atoms with Crippen LogP contribution in [0.1, 0.15) is 11.4 Å². The fourth-order valence-electron chi connectivity index (χ4n) is 2.36. The van der Waals surface area contributed by atoms with E-state index in [-0.39, 0.29) is 6.42 Å². The van der Waals surface area contributed by atoms with Crippen molar-refractivity contribution < 1.29 is 18.3 Å². The summed E-state index contributed by atoms with van der Waals surface area (Å²) in [7, 11) is 1.61. The molecule has 3 rings (SSSR count). The molecule has 1 N–H and O–H groups in total. The lowest BCUT2D eigenvalue weighted by atomic mass is 10.2. The lowest BCUT2D eigenvalue weighted by Crippen LogP contribution is -2.14. The van der Waals surface area contributed by atoms with Gasteiger partial charge in [-0.1, -0.05) is 6.07 Å².